The van der Waals surface area contributed by atoms with Crippen LogP contribution in [0.5, 0.6) is 5.75 Å². The molecule has 0 fully saturated rings. The number of hydrogen-bond donors (Lipinski definition) is 3. The third-order valence-corrected chi connectivity index (χ3v) is 2.34. The molecule has 0 saturated heterocycles. The largest absolute Gasteiger partial charge is 0.497 e. The van der Waals surface area contributed by atoms with Gasteiger partial charge >= 0.3 is 5.97 Å². The maximum Gasteiger partial charge on any atom is 0.338 e. The molecule has 1 rings (SSSR count). The van der Waals surface area contributed by atoms with Crippen molar-refractivity contribution in [3.63, 3.8) is 0 Å². The highest BCUT2D eigenvalue weighted by atomic mass is 16.5. The summed E-state index contributed by atoms with van der Waals surface area (Å²) in [5, 5.41) is 26.9. The second-order valence-corrected chi connectivity index (χ2v) is 3.64. The molecule has 0 heterocycles. The Kier molecular flexibility index (Phi) is 5.57. The fourth-order valence-electron chi connectivity index (χ4n) is 1.20. The Morgan fingerprint density at radius 2 is 1.83 bits per heavy atom. The predicted molar refractivity (Wildman–Crippen MR) is 62.4 cm³/mol. The van der Waals surface area contributed by atoms with Gasteiger partial charge in [0.25, 0.3) is 0 Å². The van der Waals surface area contributed by atoms with E-state index in [4.69, 9.17) is 19.7 Å². The highest BCUT2D eigenvalue weighted by Crippen LogP contribution is 2.12. The van der Waals surface area contributed by atoms with Crippen LogP contribution in [0.1, 0.15) is 10.4 Å². The predicted octanol–water partition coefficient (Wildman–Crippen LogP) is -0.434. The molecule has 2 atom stereocenters. The molecule has 0 amide bonds. The van der Waals surface area contributed by atoms with Gasteiger partial charge in [0, 0.05) is 0 Å². The zero-order chi connectivity index (χ0) is 13.5. The summed E-state index contributed by atoms with van der Waals surface area (Å²) in [7, 11) is 1.51. The number of benzene rings is 1. The van der Waals surface area contributed by atoms with Gasteiger partial charge in [0.15, 0.2) is 0 Å². The van der Waals surface area contributed by atoms with Gasteiger partial charge in [-0.25, -0.2) is 4.79 Å². The minimum atomic E-state index is -1.33. The standard InChI is InChI=1S/C12H16O6/c1-17-9-4-2-8(3-5-9)12(16)18-7-11(15)10(14)6-13/h2-5,10-11,13-15H,6-7H2,1H3/t10-,11+/m0/s1. The molecule has 100 valence electrons. The first-order valence-electron chi connectivity index (χ1n) is 5.36. The number of methoxy groups -OCH3 is 1. The number of ether oxygens (including phenoxy) is 2. The molecule has 3 N–H and O–H groups in total. The fraction of sp³-hybridized carbons (Fsp3) is 0.417. The third-order valence-electron chi connectivity index (χ3n) is 2.34. The van der Waals surface area contributed by atoms with E-state index in [1.54, 1.807) is 12.1 Å². The van der Waals surface area contributed by atoms with Gasteiger partial charge < -0.3 is 24.8 Å². The lowest BCUT2D eigenvalue weighted by molar-refractivity contribution is -0.0467. The summed E-state index contributed by atoms with van der Waals surface area (Å²) < 4.78 is 9.73. The van der Waals surface area contributed by atoms with Gasteiger partial charge in [-0.3, -0.25) is 0 Å². The molecule has 0 bridgehead atoms. The van der Waals surface area contributed by atoms with E-state index >= 15 is 0 Å². The zero-order valence-corrected chi connectivity index (χ0v) is 9.94. The molecule has 1 aromatic carbocycles. The molecule has 0 unspecified atom stereocenters. The average molecular weight is 256 g/mol. The van der Waals surface area contributed by atoms with E-state index < -0.39 is 24.8 Å². The van der Waals surface area contributed by atoms with Gasteiger partial charge in [0.2, 0.25) is 0 Å². The van der Waals surface area contributed by atoms with Crippen LogP contribution in [0.4, 0.5) is 0 Å². The Morgan fingerprint density at radius 1 is 1.22 bits per heavy atom. The number of carbonyl (C=O) groups is 1. The first-order valence-corrected chi connectivity index (χ1v) is 5.36. The van der Waals surface area contributed by atoms with E-state index in [1.165, 1.54) is 19.2 Å². The molecule has 6 heteroatoms. The number of hydrogen-bond acceptors (Lipinski definition) is 6. The Bertz CT molecular complexity index is 375. The lowest BCUT2D eigenvalue weighted by Crippen LogP contribution is -2.34. The van der Waals surface area contributed by atoms with E-state index in [1.807, 2.05) is 0 Å². The van der Waals surface area contributed by atoms with Crippen molar-refractivity contribution in [1.82, 2.24) is 0 Å². The molecule has 0 aromatic heterocycles. The van der Waals surface area contributed by atoms with Gasteiger partial charge in [-0.1, -0.05) is 0 Å². The van der Waals surface area contributed by atoms with Crippen molar-refractivity contribution in [1.29, 1.82) is 0 Å². The Hall–Kier alpha value is -1.63. The minimum Gasteiger partial charge on any atom is -0.497 e. The van der Waals surface area contributed by atoms with Crippen LogP contribution in [-0.4, -0.2) is 53.8 Å². The first-order chi connectivity index (χ1) is 8.58. The maximum absolute atomic E-state index is 11.5. The lowest BCUT2D eigenvalue weighted by Gasteiger charge is -2.15. The summed E-state index contributed by atoms with van der Waals surface area (Å²) >= 11 is 0. The summed E-state index contributed by atoms with van der Waals surface area (Å²) in [4.78, 5) is 11.5. The van der Waals surface area contributed by atoms with Crippen LogP contribution < -0.4 is 4.74 Å². The number of carbonyl (C=O) groups excluding carboxylic acids is 1. The monoisotopic (exact) mass is 256 g/mol. The van der Waals surface area contributed by atoms with Gasteiger partial charge in [0.1, 0.15) is 24.6 Å². The summed E-state index contributed by atoms with van der Waals surface area (Å²) in [5.41, 5.74) is 0.307. The van der Waals surface area contributed by atoms with E-state index in [0.29, 0.717) is 11.3 Å². The van der Waals surface area contributed by atoms with Crippen LogP contribution in [0.3, 0.4) is 0 Å². The minimum absolute atomic E-state index is 0.307. The number of esters is 1. The van der Waals surface area contributed by atoms with Crippen LogP contribution >= 0.6 is 0 Å². The Balaban J connectivity index is 2.49. The van der Waals surface area contributed by atoms with Gasteiger partial charge in [-0.05, 0) is 24.3 Å². The average Bonchev–Trinajstić information content (AvgIpc) is 2.43. The van der Waals surface area contributed by atoms with Crippen molar-refractivity contribution >= 4 is 5.97 Å². The van der Waals surface area contributed by atoms with Crippen molar-refractivity contribution in [2.75, 3.05) is 20.3 Å². The van der Waals surface area contributed by atoms with Gasteiger partial charge in [0.05, 0.1) is 19.3 Å². The van der Waals surface area contributed by atoms with Crippen molar-refractivity contribution < 1.29 is 29.6 Å². The van der Waals surface area contributed by atoms with Crippen molar-refractivity contribution in [2.45, 2.75) is 12.2 Å². The summed E-state index contributed by atoms with van der Waals surface area (Å²) in [5.74, 6) is -0.0101. The molecule has 0 aliphatic carbocycles. The normalized spacial score (nSPS) is 13.8. The molecule has 0 spiro atoms. The van der Waals surface area contributed by atoms with Gasteiger partial charge in [-0.2, -0.15) is 0 Å². The third kappa shape index (κ3) is 3.99. The topological polar surface area (TPSA) is 96.2 Å². The molecule has 0 radical (unpaired) electrons. The van der Waals surface area contributed by atoms with Crippen molar-refractivity contribution in [3.8, 4) is 5.75 Å². The van der Waals surface area contributed by atoms with Crippen molar-refractivity contribution in [2.24, 2.45) is 0 Å². The second-order valence-electron chi connectivity index (χ2n) is 3.64. The smallest absolute Gasteiger partial charge is 0.338 e. The molecule has 0 aliphatic rings. The quantitative estimate of drug-likeness (QED) is 0.597. The lowest BCUT2D eigenvalue weighted by atomic mass is 10.2. The van der Waals surface area contributed by atoms with E-state index in [0.717, 1.165) is 0 Å². The first kappa shape index (κ1) is 14.4. The number of aliphatic hydroxyl groups is 3. The summed E-state index contributed by atoms with van der Waals surface area (Å²) in [6.45, 7) is -0.978. The Labute approximate surface area is 104 Å². The zero-order valence-electron chi connectivity index (χ0n) is 9.94. The Morgan fingerprint density at radius 3 is 2.33 bits per heavy atom. The second kappa shape index (κ2) is 6.95. The molecule has 18 heavy (non-hydrogen) atoms. The van der Waals surface area contributed by atoms with Crippen LogP contribution in [0.2, 0.25) is 0 Å². The van der Waals surface area contributed by atoms with Crippen LogP contribution in [0.25, 0.3) is 0 Å². The molecular weight excluding hydrogens is 240 g/mol. The maximum atomic E-state index is 11.5. The SMILES string of the molecule is COc1ccc(C(=O)OC[C@@H](O)[C@@H](O)CO)cc1. The summed E-state index contributed by atoms with van der Waals surface area (Å²) in [6, 6.07) is 6.26. The van der Waals surface area contributed by atoms with Crippen LogP contribution in [-0.2, 0) is 4.74 Å². The molecule has 6 nitrogen and oxygen atoms in total. The molecule has 1 aromatic rings. The van der Waals surface area contributed by atoms with E-state index in [2.05, 4.69) is 0 Å². The summed E-state index contributed by atoms with van der Waals surface area (Å²) in [6.07, 6.45) is -2.63. The molecule has 0 saturated carbocycles. The fourth-order valence-corrected chi connectivity index (χ4v) is 1.20. The number of aliphatic hydroxyl groups excluding tert-OH is 3. The molecular formula is C12H16O6. The highest BCUT2D eigenvalue weighted by Gasteiger charge is 2.17. The number of rotatable bonds is 6. The van der Waals surface area contributed by atoms with E-state index in [9.17, 15) is 9.90 Å². The van der Waals surface area contributed by atoms with E-state index in [-0.39, 0.29) is 6.61 Å². The van der Waals surface area contributed by atoms with Crippen LogP contribution in [0.15, 0.2) is 24.3 Å². The van der Waals surface area contributed by atoms with Crippen LogP contribution in [0, 0.1) is 0 Å². The highest BCUT2D eigenvalue weighted by molar-refractivity contribution is 5.89. The van der Waals surface area contributed by atoms with Gasteiger partial charge in [-0.15, -0.1) is 0 Å². The van der Waals surface area contributed by atoms with Crippen molar-refractivity contribution in [3.05, 3.63) is 29.8 Å². The molecule has 0 aliphatic heterocycles.